The number of fused-ring (bicyclic) bond motifs is 3. The molecule has 0 atom stereocenters. The third-order valence-electron chi connectivity index (χ3n) is 2.42. The lowest BCUT2D eigenvalue weighted by atomic mass is 10.1. The zero-order valence-corrected chi connectivity index (χ0v) is 7.73. The van der Waals surface area contributed by atoms with E-state index in [1.807, 2.05) is 6.08 Å². The first kappa shape index (κ1) is 8.16. The summed E-state index contributed by atoms with van der Waals surface area (Å²) in [4.78, 5) is 19.3. The number of amides is 1. The van der Waals surface area contributed by atoms with Crippen molar-refractivity contribution in [2.24, 2.45) is 10.7 Å². The Kier molecular flexibility index (Phi) is 1.45. The van der Waals surface area contributed by atoms with Crippen LogP contribution in [-0.4, -0.2) is 17.5 Å². The van der Waals surface area contributed by atoms with Gasteiger partial charge in [-0.15, -0.1) is 0 Å². The van der Waals surface area contributed by atoms with Gasteiger partial charge in [0.05, 0.1) is 11.1 Å². The number of nitrogens with two attached hydrogens (primary N) is 1. The summed E-state index contributed by atoms with van der Waals surface area (Å²) < 4.78 is 5.42. The summed E-state index contributed by atoms with van der Waals surface area (Å²) in [6.07, 6.45) is 5.02. The molecule has 3 rings (SSSR count). The van der Waals surface area contributed by atoms with E-state index in [1.54, 1.807) is 6.20 Å². The van der Waals surface area contributed by atoms with Gasteiger partial charge >= 0.3 is 0 Å². The third kappa shape index (κ3) is 0.999. The van der Waals surface area contributed by atoms with Crippen LogP contribution >= 0.6 is 0 Å². The van der Waals surface area contributed by atoms with Crippen LogP contribution < -0.4 is 21.2 Å². The molecule has 0 aromatic carbocycles. The number of hydrogen-bond donors (Lipinski definition) is 1. The quantitative estimate of drug-likeness (QED) is 0.614. The van der Waals surface area contributed by atoms with E-state index in [9.17, 15) is 4.79 Å². The Labute approximate surface area is 84.6 Å². The smallest absolute Gasteiger partial charge is 0.251 e. The van der Waals surface area contributed by atoms with Crippen LogP contribution in [0.2, 0.25) is 0 Å². The first-order chi connectivity index (χ1) is 7.27. The highest BCUT2D eigenvalue weighted by molar-refractivity contribution is 6.19. The van der Waals surface area contributed by atoms with Gasteiger partial charge in [-0.1, -0.05) is 0 Å². The number of pyridine rings is 1. The maximum Gasteiger partial charge on any atom is 0.251 e. The van der Waals surface area contributed by atoms with E-state index in [-0.39, 0.29) is 0 Å². The van der Waals surface area contributed by atoms with E-state index in [2.05, 4.69) is 9.98 Å². The lowest BCUT2D eigenvalue weighted by Crippen LogP contribution is -2.21. The standard InChI is InChI=1S/C10H7N3O2/c11-9(14)6-4-13-10-7(6)8-5(3-12-10)1-2-15-8/h1,3-4H,2H2,(H2,11,14). The van der Waals surface area contributed by atoms with Crippen LogP contribution in [0.1, 0.15) is 5.56 Å². The van der Waals surface area contributed by atoms with E-state index < -0.39 is 5.91 Å². The number of hydrogen-bond acceptors (Lipinski definition) is 4. The average Bonchev–Trinajstić information content (AvgIpc) is 2.82. The molecule has 5 heteroatoms. The molecule has 2 N–H and O–H groups in total. The highest BCUT2D eigenvalue weighted by atomic mass is 16.5. The Morgan fingerprint density at radius 1 is 1.53 bits per heavy atom. The van der Waals surface area contributed by atoms with Crippen LogP contribution in [0.3, 0.4) is 0 Å². The normalized spacial score (nSPS) is 15.6. The van der Waals surface area contributed by atoms with Crippen molar-refractivity contribution in [2.45, 2.75) is 0 Å². The molecule has 2 aliphatic heterocycles. The Hall–Kier alpha value is -2.17. The summed E-state index contributed by atoms with van der Waals surface area (Å²) in [5, 5.41) is 0.887. The minimum atomic E-state index is -0.511. The van der Waals surface area contributed by atoms with Gasteiger partial charge in [-0.25, -0.2) is 9.98 Å². The second-order valence-electron chi connectivity index (χ2n) is 3.29. The minimum Gasteiger partial charge on any atom is -0.488 e. The first-order valence-electron chi connectivity index (χ1n) is 4.47. The number of ether oxygens (including phenoxy) is 1. The highest BCUT2D eigenvalue weighted by Crippen LogP contribution is 2.23. The van der Waals surface area contributed by atoms with Crippen LogP contribution in [0.5, 0.6) is 5.75 Å². The molecule has 5 nitrogen and oxygen atoms in total. The van der Waals surface area contributed by atoms with Gasteiger partial charge in [0.15, 0.2) is 5.49 Å². The fourth-order valence-electron chi connectivity index (χ4n) is 1.73. The molecule has 0 spiro atoms. The summed E-state index contributed by atoms with van der Waals surface area (Å²) in [7, 11) is 0. The summed E-state index contributed by atoms with van der Waals surface area (Å²) in [6.45, 7) is 0.500. The van der Waals surface area contributed by atoms with Gasteiger partial charge in [0.2, 0.25) is 0 Å². The molecule has 2 aliphatic rings. The molecule has 0 unspecified atom stereocenters. The molecule has 3 heterocycles. The van der Waals surface area contributed by atoms with Crippen LogP contribution in [-0.2, 0) is 4.79 Å². The molecular formula is C10H7N3O2. The van der Waals surface area contributed by atoms with Crippen LogP contribution in [0.25, 0.3) is 11.6 Å². The monoisotopic (exact) mass is 201 g/mol. The minimum absolute atomic E-state index is 0.365. The van der Waals surface area contributed by atoms with E-state index >= 15 is 0 Å². The predicted octanol–water partition coefficient (Wildman–Crippen LogP) is -1.29. The molecule has 0 saturated heterocycles. The maximum absolute atomic E-state index is 11.2. The lowest BCUT2D eigenvalue weighted by molar-refractivity contribution is -0.112. The zero-order chi connectivity index (χ0) is 10.4. The molecule has 15 heavy (non-hydrogen) atoms. The zero-order valence-electron chi connectivity index (χ0n) is 7.73. The van der Waals surface area contributed by atoms with Gasteiger partial charge < -0.3 is 10.5 Å². The number of aromatic nitrogens is 1. The van der Waals surface area contributed by atoms with E-state index in [4.69, 9.17) is 10.5 Å². The number of primary amides is 1. The molecule has 0 fully saturated rings. The Morgan fingerprint density at radius 2 is 2.40 bits per heavy atom. The molecule has 74 valence electrons. The lowest BCUT2D eigenvalue weighted by Gasteiger charge is -2.04. The largest absolute Gasteiger partial charge is 0.488 e. The van der Waals surface area contributed by atoms with E-state index in [1.165, 1.54) is 6.20 Å². The summed E-state index contributed by atoms with van der Waals surface area (Å²) >= 11 is 0. The fraction of sp³-hybridized carbons (Fsp3) is 0.100. The summed E-state index contributed by atoms with van der Waals surface area (Å²) in [6, 6.07) is 0. The van der Waals surface area contributed by atoms with Crippen molar-refractivity contribution < 1.29 is 9.53 Å². The first-order valence-corrected chi connectivity index (χ1v) is 4.47. The van der Waals surface area contributed by atoms with Crippen molar-refractivity contribution in [1.29, 1.82) is 0 Å². The maximum atomic E-state index is 11.2. The van der Waals surface area contributed by atoms with Crippen molar-refractivity contribution in [1.82, 2.24) is 4.98 Å². The Balaban J connectivity index is 2.35. The molecule has 0 saturated carbocycles. The number of carbonyl (C=O) groups excluding carboxylic acids is 1. The molecular weight excluding hydrogens is 194 g/mol. The number of nitrogens with zero attached hydrogens (tertiary/aromatic N) is 2. The van der Waals surface area contributed by atoms with E-state index in [0.29, 0.717) is 29.0 Å². The topological polar surface area (TPSA) is 77.6 Å². The van der Waals surface area contributed by atoms with Gasteiger partial charge in [-0.3, -0.25) is 4.79 Å². The van der Waals surface area contributed by atoms with Crippen molar-refractivity contribution in [3.8, 4) is 5.75 Å². The molecule has 1 amide bonds. The van der Waals surface area contributed by atoms with Crippen molar-refractivity contribution in [2.75, 3.05) is 6.61 Å². The molecule has 1 aromatic rings. The summed E-state index contributed by atoms with van der Waals surface area (Å²) in [5.41, 5.74) is 6.73. The van der Waals surface area contributed by atoms with Crippen LogP contribution in [0.4, 0.5) is 0 Å². The Bertz CT molecular complexity index is 616. The fourth-order valence-corrected chi connectivity index (χ4v) is 1.73. The second-order valence-corrected chi connectivity index (χ2v) is 3.29. The van der Waals surface area contributed by atoms with Crippen LogP contribution in [0, 0.1) is 0 Å². The molecule has 0 aliphatic carbocycles. The van der Waals surface area contributed by atoms with E-state index in [0.717, 1.165) is 5.22 Å². The molecule has 0 radical (unpaired) electrons. The Morgan fingerprint density at radius 3 is 3.20 bits per heavy atom. The predicted molar refractivity (Wildman–Crippen MR) is 52.1 cm³/mol. The van der Waals surface area contributed by atoms with Gasteiger partial charge in [-0.2, -0.15) is 0 Å². The number of carbonyl (C=O) groups is 1. The molecule has 0 bridgehead atoms. The van der Waals surface area contributed by atoms with Crippen molar-refractivity contribution in [3.63, 3.8) is 0 Å². The van der Waals surface area contributed by atoms with Crippen molar-refractivity contribution >= 4 is 17.6 Å². The van der Waals surface area contributed by atoms with Gasteiger partial charge in [0, 0.05) is 17.6 Å². The highest BCUT2D eigenvalue weighted by Gasteiger charge is 2.23. The number of rotatable bonds is 1. The summed E-state index contributed by atoms with van der Waals surface area (Å²) in [5.74, 6) is 0.148. The van der Waals surface area contributed by atoms with Crippen molar-refractivity contribution in [3.05, 3.63) is 28.7 Å². The average molecular weight is 201 g/mol. The second kappa shape index (κ2) is 2.66. The van der Waals surface area contributed by atoms with Gasteiger partial charge in [0.25, 0.3) is 5.91 Å². The molecule has 1 aromatic heterocycles. The van der Waals surface area contributed by atoms with Gasteiger partial charge in [0.1, 0.15) is 12.4 Å². The van der Waals surface area contributed by atoms with Crippen LogP contribution in [0.15, 0.2) is 17.4 Å². The van der Waals surface area contributed by atoms with Gasteiger partial charge in [-0.05, 0) is 6.08 Å². The third-order valence-corrected chi connectivity index (χ3v) is 2.42. The SMILES string of the molecule is NC(=O)C1=CN=c2ncc3c(c21)OCC=3.